The van der Waals surface area contributed by atoms with Gasteiger partial charge in [-0.05, 0) is 54.5 Å². The molecule has 0 spiro atoms. The summed E-state index contributed by atoms with van der Waals surface area (Å²) in [6.07, 6.45) is 4.86. The predicted molar refractivity (Wildman–Crippen MR) is 109 cm³/mol. The molecule has 0 aliphatic heterocycles. The van der Waals surface area contributed by atoms with E-state index in [0.717, 1.165) is 10.8 Å². The van der Waals surface area contributed by atoms with Gasteiger partial charge in [0.25, 0.3) is 0 Å². The van der Waals surface area contributed by atoms with Crippen LogP contribution in [0.4, 0.5) is 0 Å². The van der Waals surface area contributed by atoms with Crippen LogP contribution >= 0.6 is 11.6 Å². The number of halogens is 1. The maximum absolute atomic E-state index is 6.36. The highest BCUT2D eigenvalue weighted by molar-refractivity contribution is 6.30. The highest BCUT2D eigenvalue weighted by Gasteiger charge is 2.17. The highest BCUT2D eigenvalue weighted by atomic mass is 35.5. The zero-order valence-corrected chi connectivity index (χ0v) is 16.8. The SMILES string of the molecule is CCCC(CCC)c1cccc(C)c1OCC(C)c1ccc(Cl)cc1. The summed E-state index contributed by atoms with van der Waals surface area (Å²) in [4.78, 5) is 0. The Hall–Kier alpha value is -1.47. The van der Waals surface area contributed by atoms with Crippen molar-refractivity contribution < 1.29 is 4.74 Å². The quantitative estimate of drug-likeness (QED) is 0.450. The third-order valence-corrected chi connectivity index (χ3v) is 5.13. The van der Waals surface area contributed by atoms with Crippen molar-refractivity contribution in [2.24, 2.45) is 0 Å². The molecule has 0 aliphatic rings. The van der Waals surface area contributed by atoms with Crippen LogP contribution in [0.15, 0.2) is 42.5 Å². The Bertz CT molecular complexity index is 642. The van der Waals surface area contributed by atoms with Crippen molar-refractivity contribution in [1.82, 2.24) is 0 Å². The molecule has 0 N–H and O–H groups in total. The molecule has 0 amide bonds. The summed E-state index contributed by atoms with van der Waals surface area (Å²) in [5, 5.41) is 0.778. The van der Waals surface area contributed by atoms with Crippen LogP contribution in [0.3, 0.4) is 0 Å². The molecule has 0 bridgehead atoms. The third-order valence-electron chi connectivity index (χ3n) is 4.87. The summed E-state index contributed by atoms with van der Waals surface area (Å²) in [6, 6.07) is 14.7. The summed E-state index contributed by atoms with van der Waals surface area (Å²) >= 11 is 5.99. The lowest BCUT2D eigenvalue weighted by Crippen LogP contribution is -2.11. The number of benzene rings is 2. The predicted octanol–water partition coefficient (Wildman–Crippen LogP) is 7.51. The molecule has 0 heterocycles. The van der Waals surface area contributed by atoms with Gasteiger partial charge >= 0.3 is 0 Å². The van der Waals surface area contributed by atoms with Crippen LogP contribution in [0.5, 0.6) is 5.75 Å². The van der Waals surface area contributed by atoms with Gasteiger partial charge in [-0.2, -0.15) is 0 Å². The first-order chi connectivity index (χ1) is 12.1. The summed E-state index contributed by atoms with van der Waals surface area (Å²) < 4.78 is 6.36. The van der Waals surface area contributed by atoms with Gasteiger partial charge in [0.2, 0.25) is 0 Å². The lowest BCUT2D eigenvalue weighted by atomic mass is 9.88. The van der Waals surface area contributed by atoms with Crippen LogP contribution in [0.25, 0.3) is 0 Å². The number of aryl methyl sites for hydroxylation is 1. The molecule has 0 saturated carbocycles. The molecule has 0 aliphatic carbocycles. The maximum Gasteiger partial charge on any atom is 0.125 e. The van der Waals surface area contributed by atoms with E-state index < -0.39 is 0 Å². The smallest absolute Gasteiger partial charge is 0.125 e. The first kappa shape index (κ1) is 19.8. The molecule has 136 valence electrons. The van der Waals surface area contributed by atoms with Gasteiger partial charge in [-0.15, -0.1) is 0 Å². The molecule has 0 aromatic heterocycles. The Morgan fingerprint density at radius 1 is 0.960 bits per heavy atom. The number of hydrogen-bond acceptors (Lipinski definition) is 1. The van der Waals surface area contributed by atoms with Gasteiger partial charge in [-0.1, -0.05) is 75.5 Å². The van der Waals surface area contributed by atoms with Crippen molar-refractivity contribution >= 4 is 11.6 Å². The Labute approximate surface area is 158 Å². The minimum absolute atomic E-state index is 0.334. The fourth-order valence-corrected chi connectivity index (χ4v) is 3.57. The van der Waals surface area contributed by atoms with Gasteiger partial charge in [0.1, 0.15) is 5.75 Å². The molecule has 2 aromatic carbocycles. The normalized spacial score (nSPS) is 12.4. The second kappa shape index (κ2) is 9.87. The molecule has 2 aromatic rings. The van der Waals surface area contributed by atoms with Crippen LogP contribution in [0.2, 0.25) is 5.02 Å². The zero-order chi connectivity index (χ0) is 18.2. The summed E-state index contributed by atoms with van der Waals surface area (Å²) in [5.74, 6) is 2.02. The largest absolute Gasteiger partial charge is 0.492 e. The number of hydrogen-bond donors (Lipinski definition) is 0. The van der Waals surface area contributed by atoms with E-state index in [1.165, 1.54) is 42.4 Å². The van der Waals surface area contributed by atoms with Crippen molar-refractivity contribution in [3.8, 4) is 5.75 Å². The standard InChI is InChI=1S/C23H31ClO/c1-5-8-20(9-6-2)22-11-7-10-17(3)23(22)25-16-18(4)19-12-14-21(24)15-13-19/h7,10-15,18,20H,5-6,8-9,16H2,1-4H3. The lowest BCUT2D eigenvalue weighted by Gasteiger charge is -2.23. The second-order valence-electron chi connectivity index (χ2n) is 7.03. The first-order valence-corrected chi connectivity index (χ1v) is 9.92. The van der Waals surface area contributed by atoms with E-state index in [9.17, 15) is 0 Å². The molecule has 2 rings (SSSR count). The van der Waals surface area contributed by atoms with Crippen molar-refractivity contribution in [2.45, 2.75) is 65.2 Å². The minimum Gasteiger partial charge on any atom is -0.492 e. The van der Waals surface area contributed by atoms with Gasteiger partial charge in [0.15, 0.2) is 0 Å². The van der Waals surface area contributed by atoms with E-state index in [2.05, 4.69) is 58.0 Å². The fourth-order valence-electron chi connectivity index (χ4n) is 3.44. The second-order valence-corrected chi connectivity index (χ2v) is 7.47. The summed E-state index contributed by atoms with van der Waals surface area (Å²) in [6.45, 7) is 9.57. The van der Waals surface area contributed by atoms with Gasteiger partial charge in [-0.25, -0.2) is 0 Å². The first-order valence-electron chi connectivity index (χ1n) is 9.54. The van der Waals surface area contributed by atoms with E-state index in [1.807, 2.05) is 12.1 Å². The molecule has 2 heteroatoms. The number of ether oxygens (including phenoxy) is 1. The van der Waals surface area contributed by atoms with Crippen LogP contribution in [-0.2, 0) is 0 Å². The van der Waals surface area contributed by atoms with Crippen molar-refractivity contribution in [1.29, 1.82) is 0 Å². The molecule has 0 saturated heterocycles. The highest BCUT2D eigenvalue weighted by Crippen LogP contribution is 2.36. The Kier molecular flexibility index (Phi) is 7.84. The Morgan fingerprint density at radius 2 is 1.60 bits per heavy atom. The van der Waals surface area contributed by atoms with Crippen molar-refractivity contribution in [2.75, 3.05) is 6.61 Å². The topological polar surface area (TPSA) is 9.23 Å². The fraction of sp³-hybridized carbons (Fsp3) is 0.478. The summed E-state index contributed by atoms with van der Waals surface area (Å²) in [5.41, 5.74) is 3.88. The molecule has 1 nitrogen and oxygen atoms in total. The molecule has 1 unspecified atom stereocenters. The average Bonchev–Trinajstić information content (AvgIpc) is 2.60. The summed E-state index contributed by atoms with van der Waals surface area (Å²) in [7, 11) is 0. The van der Waals surface area contributed by atoms with Crippen molar-refractivity contribution in [3.05, 3.63) is 64.2 Å². The van der Waals surface area contributed by atoms with E-state index in [4.69, 9.17) is 16.3 Å². The van der Waals surface area contributed by atoms with Crippen LogP contribution in [-0.4, -0.2) is 6.61 Å². The van der Waals surface area contributed by atoms with Crippen LogP contribution in [0.1, 0.15) is 75.0 Å². The third kappa shape index (κ3) is 5.51. The average molecular weight is 359 g/mol. The molecular formula is C23H31ClO. The minimum atomic E-state index is 0.334. The molecule has 1 atom stereocenters. The van der Waals surface area contributed by atoms with Gasteiger partial charge < -0.3 is 4.74 Å². The Balaban J connectivity index is 2.16. The number of para-hydroxylation sites is 1. The van der Waals surface area contributed by atoms with Gasteiger partial charge in [0, 0.05) is 10.9 Å². The maximum atomic E-state index is 6.36. The van der Waals surface area contributed by atoms with E-state index in [-0.39, 0.29) is 0 Å². The zero-order valence-electron chi connectivity index (χ0n) is 16.0. The number of rotatable bonds is 9. The Morgan fingerprint density at radius 3 is 2.20 bits per heavy atom. The lowest BCUT2D eigenvalue weighted by molar-refractivity contribution is 0.288. The van der Waals surface area contributed by atoms with E-state index in [0.29, 0.717) is 18.4 Å². The van der Waals surface area contributed by atoms with Gasteiger partial charge in [0.05, 0.1) is 6.61 Å². The van der Waals surface area contributed by atoms with Crippen LogP contribution in [0, 0.1) is 6.92 Å². The van der Waals surface area contributed by atoms with Crippen molar-refractivity contribution in [3.63, 3.8) is 0 Å². The van der Waals surface area contributed by atoms with E-state index >= 15 is 0 Å². The molecule has 0 radical (unpaired) electrons. The molecular weight excluding hydrogens is 328 g/mol. The van der Waals surface area contributed by atoms with E-state index in [1.54, 1.807) is 0 Å². The molecule has 25 heavy (non-hydrogen) atoms. The van der Waals surface area contributed by atoms with Gasteiger partial charge in [-0.3, -0.25) is 0 Å². The monoisotopic (exact) mass is 358 g/mol. The van der Waals surface area contributed by atoms with Crippen LogP contribution < -0.4 is 4.74 Å². The molecule has 0 fully saturated rings.